The molecule has 0 spiro atoms. The lowest BCUT2D eigenvalue weighted by Crippen LogP contribution is -2.08. The van der Waals surface area contributed by atoms with Crippen molar-refractivity contribution in [3.05, 3.63) is 59.7 Å². The first kappa shape index (κ1) is 15.2. The lowest BCUT2D eigenvalue weighted by Gasteiger charge is -2.03. The van der Waals surface area contributed by atoms with Gasteiger partial charge in [0.1, 0.15) is 17.6 Å². The Labute approximate surface area is 133 Å². The Kier molecular flexibility index (Phi) is 4.12. The van der Waals surface area contributed by atoms with Crippen LogP contribution in [-0.4, -0.2) is 25.0 Å². The molecular weight excluding hydrogens is 296 g/mol. The summed E-state index contributed by atoms with van der Waals surface area (Å²) in [5.41, 5.74) is 1.36. The average Bonchev–Trinajstić information content (AvgIpc) is 3.34. The predicted molar refractivity (Wildman–Crippen MR) is 82.7 cm³/mol. The fourth-order valence-corrected chi connectivity index (χ4v) is 2.43. The fraction of sp³-hybridized carbons (Fsp3) is 0.222. The van der Waals surface area contributed by atoms with Gasteiger partial charge in [-0.3, -0.25) is 9.59 Å². The van der Waals surface area contributed by atoms with Crippen LogP contribution in [0, 0.1) is 0 Å². The molecule has 118 valence electrons. The molecule has 3 rings (SSSR count). The molecule has 2 aromatic carbocycles. The Balaban J connectivity index is 1.73. The molecule has 1 heterocycles. The van der Waals surface area contributed by atoms with Gasteiger partial charge < -0.3 is 14.2 Å². The number of hydrogen-bond donors (Lipinski definition) is 0. The van der Waals surface area contributed by atoms with Gasteiger partial charge in [0.15, 0.2) is 11.9 Å². The molecule has 5 heteroatoms. The minimum Gasteiger partial charge on any atom is -0.497 e. The molecule has 1 saturated heterocycles. The van der Waals surface area contributed by atoms with Crippen LogP contribution in [0.1, 0.15) is 28.9 Å². The summed E-state index contributed by atoms with van der Waals surface area (Å²) in [6.07, 6.45) is -0.834. The Hall–Kier alpha value is -2.66. The zero-order valence-electron chi connectivity index (χ0n) is 12.8. The van der Waals surface area contributed by atoms with Crippen molar-refractivity contribution in [2.75, 3.05) is 7.11 Å². The number of benzene rings is 2. The SMILES string of the molecule is COc1cccc(C(=O)C2OC2c2cccc(OC(C)=O)c2)c1. The van der Waals surface area contributed by atoms with E-state index in [1.54, 1.807) is 49.6 Å². The van der Waals surface area contributed by atoms with E-state index in [1.807, 2.05) is 6.07 Å². The number of Topliss-reactive ketones (excluding diaryl/α,β-unsaturated/α-hetero) is 1. The van der Waals surface area contributed by atoms with Crippen molar-refractivity contribution in [3.63, 3.8) is 0 Å². The first-order valence-corrected chi connectivity index (χ1v) is 7.20. The van der Waals surface area contributed by atoms with Gasteiger partial charge in [-0.25, -0.2) is 0 Å². The molecule has 23 heavy (non-hydrogen) atoms. The number of rotatable bonds is 5. The van der Waals surface area contributed by atoms with Crippen LogP contribution in [0.15, 0.2) is 48.5 Å². The molecule has 2 aromatic rings. The molecular formula is C18H16O5. The second-order valence-electron chi connectivity index (χ2n) is 5.24. The summed E-state index contributed by atoms with van der Waals surface area (Å²) < 4.78 is 15.7. The number of carbonyl (C=O) groups excluding carboxylic acids is 2. The van der Waals surface area contributed by atoms with Crippen LogP contribution in [0.4, 0.5) is 0 Å². The van der Waals surface area contributed by atoms with E-state index in [0.717, 1.165) is 5.56 Å². The van der Waals surface area contributed by atoms with Crippen molar-refractivity contribution in [2.45, 2.75) is 19.1 Å². The molecule has 2 atom stereocenters. The van der Waals surface area contributed by atoms with Gasteiger partial charge in [0.2, 0.25) is 0 Å². The van der Waals surface area contributed by atoms with Gasteiger partial charge in [-0.1, -0.05) is 24.3 Å². The summed E-state index contributed by atoms with van der Waals surface area (Å²) in [7, 11) is 1.56. The van der Waals surface area contributed by atoms with E-state index in [9.17, 15) is 9.59 Å². The van der Waals surface area contributed by atoms with Gasteiger partial charge in [0.25, 0.3) is 0 Å². The summed E-state index contributed by atoms with van der Waals surface area (Å²) in [6.45, 7) is 1.34. The van der Waals surface area contributed by atoms with Gasteiger partial charge in [0, 0.05) is 12.5 Å². The van der Waals surface area contributed by atoms with E-state index >= 15 is 0 Å². The third-order valence-electron chi connectivity index (χ3n) is 3.55. The first-order chi connectivity index (χ1) is 11.1. The minimum atomic E-state index is -0.519. The number of ketones is 1. The predicted octanol–water partition coefficient (Wildman–Crippen LogP) is 2.94. The Morgan fingerprint density at radius 3 is 2.52 bits per heavy atom. The molecule has 5 nitrogen and oxygen atoms in total. The standard InChI is InChI=1S/C18H16O5/c1-11(19)22-15-8-4-6-13(10-15)17-18(23-17)16(20)12-5-3-7-14(9-12)21-2/h3-10,17-18H,1-2H3. The molecule has 1 fully saturated rings. The topological polar surface area (TPSA) is 65.1 Å². The molecule has 0 bridgehead atoms. The Morgan fingerprint density at radius 2 is 1.78 bits per heavy atom. The summed E-state index contributed by atoms with van der Waals surface area (Å²) >= 11 is 0. The molecule has 1 aliphatic rings. The van der Waals surface area contributed by atoms with E-state index in [0.29, 0.717) is 17.1 Å². The Morgan fingerprint density at radius 1 is 1.04 bits per heavy atom. The quantitative estimate of drug-likeness (QED) is 0.367. The summed E-state index contributed by atoms with van der Waals surface area (Å²) in [4.78, 5) is 23.5. The summed E-state index contributed by atoms with van der Waals surface area (Å²) in [5, 5.41) is 0. The van der Waals surface area contributed by atoms with Crippen molar-refractivity contribution < 1.29 is 23.8 Å². The number of hydrogen-bond acceptors (Lipinski definition) is 5. The second kappa shape index (κ2) is 6.22. The third kappa shape index (κ3) is 3.40. The largest absolute Gasteiger partial charge is 0.497 e. The molecule has 0 aromatic heterocycles. The van der Waals surface area contributed by atoms with Crippen LogP contribution in [0.2, 0.25) is 0 Å². The number of esters is 1. The maximum Gasteiger partial charge on any atom is 0.308 e. The van der Waals surface area contributed by atoms with E-state index in [2.05, 4.69) is 0 Å². The molecule has 0 aliphatic carbocycles. The van der Waals surface area contributed by atoms with E-state index in [1.165, 1.54) is 6.92 Å². The van der Waals surface area contributed by atoms with Crippen molar-refractivity contribution in [3.8, 4) is 11.5 Å². The van der Waals surface area contributed by atoms with E-state index < -0.39 is 6.10 Å². The van der Waals surface area contributed by atoms with Crippen molar-refractivity contribution >= 4 is 11.8 Å². The Bertz CT molecular complexity index is 753. The van der Waals surface area contributed by atoms with Crippen LogP contribution in [-0.2, 0) is 9.53 Å². The minimum absolute atomic E-state index is 0.0909. The molecule has 0 amide bonds. The molecule has 1 aliphatic heterocycles. The van der Waals surface area contributed by atoms with Gasteiger partial charge in [-0.2, -0.15) is 0 Å². The van der Waals surface area contributed by atoms with Crippen molar-refractivity contribution in [1.82, 2.24) is 0 Å². The normalized spacial score (nSPS) is 19.0. The molecule has 0 radical (unpaired) electrons. The second-order valence-corrected chi connectivity index (χ2v) is 5.24. The maximum atomic E-state index is 12.5. The number of ether oxygens (including phenoxy) is 3. The van der Waals surface area contributed by atoms with Gasteiger partial charge in [-0.05, 0) is 29.8 Å². The zero-order valence-corrected chi connectivity index (χ0v) is 12.8. The number of epoxide rings is 1. The van der Waals surface area contributed by atoms with Gasteiger partial charge >= 0.3 is 5.97 Å². The maximum absolute atomic E-state index is 12.5. The summed E-state index contributed by atoms with van der Waals surface area (Å²) in [5.74, 6) is 0.595. The highest BCUT2D eigenvalue weighted by atomic mass is 16.6. The molecule has 0 saturated carbocycles. The zero-order chi connectivity index (χ0) is 16.4. The molecule has 2 unspecified atom stereocenters. The fourth-order valence-electron chi connectivity index (χ4n) is 2.43. The highest BCUT2D eigenvalue weighted by Crippen LogP contribution is 2.41. The van der Waals surface area contributed by atoms with Gasteiger partial charge in [0.05, 0.1) is 7.11 Å². The van der Waals surface area contributed by atoms with Gasteiger partial charge in [-0.15, -0.1) is 0 Å². The summed E-state index contributed by atoms with van der Waals surface area (Å²) in [6, 6.07) is 14.0. The van der Waals surface area contributed by atoms with Crippen LogP contribution in [0.3, 0.4) is 0 Å². The number of methoxy groups -OCH3 is 1. The van der Waals surface area contributed by atoms with Crippen molar-refractivity contribution in [1.29, 1.82) is 0 Å². The van der Waals surface area contributed by atoms with Crippen LogP contribution in [0.5, 0.6) is 11.5 Å². The van der Waals surface area contributed by atoms with Crippen molar-refractivity contribution in [2.24, 2.45) is 0 Å². The highest BCUT2D eigenvalue weighted by molar-refractivity contribution is 6.01. The smallest absolute Gasteiger partial charge is 0.308 e. The average molecular weight is 312 g/mol. The lowest BCUT2D eigenvalue weighted by molar-refractivity contribution is -0.131. The van der Waals surface area contributed by atoms with Crippen LogP contribution < -0.4 is 9.47 Å². The third-order valence-corrected chi connectivity index (χ3v) is 3.55. The number of carbonyl (C=O) groups is 2. The first-order valence-electron chi connectivity index (χ1n) is 7.20. The monoisotopic (exact) mass is 312 g/mol. The van der Waals surface area contributed by atoms with Crippen LogP contribution >= 0.6 is 0 Å². The van der Waals surface area contributed by atoms with E-state index in [4.69, 9.17) is 14.2 Å². The van der Waals surface area contributed by atoms with E-state index in [-0.39, 0.29) is 17.9 Å². The molecule has 0 N–H and O–H groups in total. The highest BCUT2D eigenvalue weighted by Gasteiger charge is 2.46. The lowest BCUT2D eigenvalue weighted by atomic mass is 10.0. The van der Waals surface area contributed by atoms with Crippen LogP contribution in [0.25, 0.3) is 0 Å².